The number of ether oxygens (including phenoxy) is 1. The van der Waals surface area contributed by atoms with Crippen LogP contribution >= 0.6 is 11.3 Å². The maximum atomic E-state index is 11.9. The third-order valence-corrected chi connectivity index (χ3v) is 4.70. The minimum absolute atomic E-state index is 0.118. The molecule has 1 heterocycles. The van der Waals surface area contributed by atoms with Crippen LogP contribution in [0.25, 0.3) is 6.08 Å². The van der Waals surface area contributed by atoms with Gasteiger partial charge >= 0.3 is 12.0 Å². The van der Waals surface area contributed by atoms with Gasteiger partial charge in [0.25, 0.3) is 5.91 Å². The molecule has 1 saturated carbocycles. The Morgan fingerprint density at radius 3 is 2.62 bits per heavy atom. The lowest BCUT2D eigenvalue weighted by molar-refractivity contribution is -0.149. The first kappa shape index (κ1) is 18.2. The quantitative estimate of drug-likeness (QED) is 0.632. The molecule has 1 fully saturated rings. The van der Waals surface area contributed by atoms with E-state index in [1.807, 2.05) is 19.1 Å². The summed E-state index contributed by atoms with van der Waals surface area (Å²) >= 11 is 1.55. The number of amides is 3. The lowest BCUT2D eigenvalue weighted by atomic mass is 10.2. The molecule has 1 aromatic rings. The Morgan fingerprint density at radius 2 is 2.00 bits per heavy atom. The van der Waals surface area contributed by atoms with Crippen molar-refractivity contribution in [2.24, 2.45) is 0 Å². The van der Waals surface area contributed by atoms with Crippen LogP contribution < -0.4 is 10.6 Å². The molecule has 7 heteroatoms. The van der Waals surface area contributed by atoms with Crippen molar-refractivity contribution in [3.05, 3.63) is 28.0 Å². The van der Waals surface area contributed by atoms with Gasteiger partial charge in [0.05, 0.1) is 0 Å². The highest BCUT2D eigenvalue weighted by atomic mass is 32.1. The molecule has 1 atom stereocenters. The smallest absolute Gasteiger partial charge is 0.331 e. The molecule has 1 unspecified atom stereocenters. The van der Waals surface area contributed by atoms with Crippen LogP contribution in [0, 0.1) is 6.92 Å². The van der Waals surface area contributed by atoms with Gasteiger partial charge in [-0.25, -0.2) is 9.59 Å². The van der Waals surface area contributed by atoms with E-state index in [1.165, 1.54) is 13.0 Å². The van der Waals surface area contributed by atoms with Gasteiger partial charge in [0.1, 0.15) is 0 Å². The summed E-state index contributed by atoms with van der Waals surface area (Å²) < 4.78 is 5.00. The van der Waals surface area contributed by atoms with Crippen molar-refractivity contribution in [2.75, 3.05) is 0 Å². The number of thiophene rings is 1. The van der Waals surface area contributed by atoms with E-state index in [0.717, 1.165) is 35.4 Å². The van der Waals surface area contributed by atoms with Crippen LogP contribution in [-0.4, -0.2) is 30.1 Å². The Balaban J connectivity index is 1.74. The molecule has 0 aromatic carbocycles. The van der Waals surface area contributed by atoms with Gasteiger partial charge in [-0.05, 0) is 44.9 Å². The second-order valence-corrected chi connectivity index (χ2v) is 7.12. The van der Waals surface area contributed by atoms with Crippen LogP contribution in [0.5, 0.6) is 0 Å². The van der Waals surface area contributed by atoms with Crippen LogP contribution in [0.15, 0.2) is 18.2 Å². The maximum absolute atomic E-state index is 11.9. The summed E-state index contributed by atoms with van der Waals surface area (Å²) in [6.07, 6.45) is 5.90. The predicted molar refractivity (Wildman–Crippen MR) is 92.6 cm³/mol. The summed E-state index contributed by atoms with van der Waals surface area (Å²) in [7, 11) is 0. The number of hydrogen-bond acceptors (Lipinski definition) is 5. The summed E-state index contributed by atoms with van der Waals surface area (Å²) in [5, 5.41) is 4.94. The van der Waals surface area contributed by atoms with Crippen molar-refractivity contribution in [3.63, 3.8) is 0 Å². The molecule has 0 aliphatic heterocycles. The van der Waals surface area contributed by atoms with E-state index >= 15 is 0 Å². The van der Waals surface area contributed by atoms with Crippen LogP contribution in [0.3, 0.4) is 0 Å². The van der Waals surface area contributed by atoms with Crippen molar-refractivity contribution in [1.82, 2.24) is 10.6 Å². The topological polar surface area (TPSA) is 84.5 Å². The lowest BCUT2D eigenvalue weighted by Crippen LogP contribution is -2.47. The lowest BCUT2D eigenvalue weighted by Gasteiger charge is -2.15. The third-order valence-electron chi connectivity index (χ3n) is 3.73. The van der Waals surface area contributed by atoms with Crippen LogP contribution in [0.4, 0.5) is 4.79 Å². The number of nitrogens with one attached hydrogen (secondary N) is 2. The third kappa shape index (κ3) is 5.81. The van der Waals surface area contributed by atoms with Crippen molar-refractivity contribution >= 4 is 35.3 Å². The Morgan fingerprint density at radius 1 is 1.29 bits per heavy atom. The van der Waals surface area contributed by atoms with Gasteiger partial charge in [-0.15, -0.1) is 11.3 Å². The zero-order chi connectivity index (χ0) is 17.5. The monoisotopic (exact) mass is 350 g/mol. The molecule has 6 nitrogen and oxygen atoms in total. The molecule has 130 valence electrons. The maximum Gasteiger partial charge on any atom is 0.331 e. The first-order chi connectivity index (χ1) is 11.4. The van der Waals surface area contributed by atoms with Gasteiger partial charge < -0.3 is 10.1 Å². The fourth-order valence-electron chi connectivity index (χ4n) is 2.47. The molecule has 24 heavy (non-hydrogen) atoms. The first-order valence-corrected chi connectivity index (χ1v) is 8.82. The highest BCUT2D eigenvalue weighted by molar-refractivity contribution is 7.12. The largest absolute Gasteiger partial charge is 0.449 e. The number of urea groups is 1. The molecule has 2 N–H and O–H groups in total. The van der Waals surface area contributed by atoms with Gasteiger partial charge in [0.15, 0.2) is 6.10 Å². The minimum atomic E-state index is -1.04. The second kappa shape index (κ2) is 8.63. The second-order valence-electron chi connectivity index (χ2n) is 5.80. The molecule has 0 saturated heterocycles. The SMILES string of the molecule is Cc1ccc(/C=C/C(=O)OC(C)C(=O)NC(=O)NC2CCCC2)s1. The number of aryl methyl sites for hydroxylation is 1. The van der Waals surface area contributed by atoms with E-state index in [1.54, 1.807) is 17.4 Å². The van der Waals surface area contributed by atoms with Crippen LogP contribution in [-0.2, 0) is 14.3 Å². The molecule has 2 rings (SSSR count). The molecule has 3 amide bonds. The van der Waals surface area contributed by atoms with Gasteiger partial charge in [0, 0.05) is 21.9 Å². The van der Waals surface area contributed by atoms with Crippen LogP contribution in [0.2, 0.25) is 0 Å². The Hall–Kier alpha value is -2.15. The molecule has 0 bridgehead atoms. The Bertz CT molecular complexity index is 632. The summed E-state index contributed by atoms with van der Waals surface area (Å²) in [6.45, 7) is 3.41. The Kier molecular flexibility index (Phi) is 6.54. The highest BCUT2D eigenvalue weighted by Gasteiger charge is 2.22. The van der Waals surface area contributed by atoms with Crippen LogP contribution in [0.1, 0.15) is 42.4 Å². The number of imide groups is 1. The van der Waals surface area contributed by atoms with E-state index in [2.05, 4.69) is 10.6 Å². The highest BCUT2D eigenvalue weighted by Crippen LogP contribution is 2.17. The normalized spacial score (nSPS) is 16.1. The molecule has 0 spiro atoms. The number of rotatable bonds is 5. The van der Waals surface area contributed by atoms with Crippen molar-refractivity contribution < 1.29 is 19.1 Å². The first-order valence-electron chi connectivity index (χ1n) is 8.00. The van der Waals surface area contributed by atoms with E-state index in [4.69, 9.17) is 4.74 Å². The van der Waals surface area contributed by atoms with Crippen molar-refractivity contribution in [1.29, 1.82) is 0 Å². The standard InChI is InChI=1S/C17H22N2O4S/c1-11-7-8-14(24-11)9-10-15(20)23-12(2)16(21)19-17(22)18-13-5-3-4-6-13/h7-10,12-13H,3-6H2,1-2H3,(H2,18,19,21,22)/b10-9+. The van der Waals surface area contributed by atoms with Gasteiger partial charge in [-0.3, -0.25) is 10.1 Å². The number of carbonyl (C=O) groups excluding carboxylic acids is 3. The predicted octanol–water partition coefficient (Wildman–Crippen LogP) is 2.77. The van der Waals surface area contributed by atoms with E-state index in [0.29, 0.717) is 0 Å². The van der Waals surface area contributed by atoms with Crippen molar-refractivity contribution in [3.8, 4) is 0 Å². The summed E-state index contributed by atoms with van der Waals surface area (Å²) in [6, 6.07) is 3.43. The Labute approximate surface area is 145 Å². The molecule has 1 aliphatic carbocycles. The van der Waals surface area contributed by atoms with E-state index in [-0.39, 0.29) is 6.04 Å². The van der Waals surface area contributed by atoms with Gasteiger partial charge in [-0.1, -0.05) is 12.8 Å². The average Bonchev–Trinajstić information content (AvgIpc) is 3.16. The van der Waals surface area contributed by atoms with Gasteiger partial charge in [0.2, 0.25) is 0 Å². The fourth-order valence-corrected chi connectivity index (χ4v) is 3.25. The average molecular weight is 350 g/mol. The minimum Gasteiger partial charge on any atom is -0.449 e. The van der Waals surface area contributed by atoms with Crippen molar-refractivity contribution in [2.45, 2.75) is 51.7 Å². The zero-order valence-electron chi connectivity index (χ0n) is 13.8. The number of hydrogen-bond donors (Lipinski definition) is 2. The zero-order valence-corrected chi connectivity index (χ0v) is 14.7. The molecule has 0 radical (unpaired) electrons. The fraction of sp³-hybridized carbons (Fsp3) is 0.471. The summed E-state index contributed by atoms with van der Waals surface area (Å²) in [4.78, 5) is 37.4. The number of esters is 1. The molecular weight excluding hydrogens is 328 g/mol. The van der Waals surface area contributed by atoms with Gasteiger partial charge in [-0.2, -0.15) is 0 Å². The molecule has 1 aromatic heterocycles. The van der Waals surface area contributed by atoms with E-state index in [9.17, 15) is 14.4 Å². The molecular formula is C17H22N2O4S. The summed E-state index contributed by atoms with van der Waals surface area (Å²) in [5.41, 5.74) is 0. The summed E-state index contributed by atoms with van der Waals surface area (Å²) in [5.74, 6) is -1.26. The molecule has 1 aliphatic rings. The number of carbonyl (C=O) groups is 3. The van der Waals surface area contributed by atoms with E-state index < -0.39 is 24.0 Å².